The van der Waals surface area contributed by atoms with E-state index in [1.165, 1.54) is 6.92 Å². The lowest BCUT2D eigenvalue weighted by atomic mass is 10.3. The molecule has 0 bridgehead atoms. The molecule has 0 aliphatic heterocycles. The molecule has 0 fully saturated rings. The van der Waals surface area contributed by atoms with Gasteiger partial charge in [0, 0.05) is 6.54 Å². The Hall–Kier alpha value is -1.54. The molecule has 0 amide bonds. The van der Waals surface area contributed by atoms with Crippen molar-refractivity contribution in [3.05, 3.63) is 34.1 Å². The van der Waals surface area contributed by atoms with Gasteiger partial charge in [0.2, 0.25) is 15.8 Å². The number of nitrogens with one attached hydrogen (secondary N) is 1. The number of nitrogens with zero attached hydrogens (tertiary/aromatic N) is 1. The first-order valence-electron chi connectivity index (χ1n) is 4.32. The molecule has 0 heterocycles. The van der Waals surface area contributed by atoms with Gasteiger partial charge in [-0.15, -0.1) is 0 Å². The Bertz CT molecular complexity index is 515. The smallest absolute Gasteiger partial charge is 0.258 e. The average Bonchev–Trinajstić information content (AvgIpc) is 2.16. The number of rotatable bonds is 4. The molecule has 0 radical (unpaired) electrons. The van der Waals surface area contributed by atoms with E-state index in [2.05, 4.69) is 4.72 Å². The molecule has 6 nitrogen and oxygen atoms in total. The lowest BCUT2D eigenvalue weighted by Crippen LogP contribution is -2.24. The van der Waals surface area contributed by atoms with Crippen LogP contribution in [0.4, 0.5) is 10.1 Å². The van der Waals surface area contributed by atoms with Crippen molar-refractivity contribution < 1.29 is 17.7 Å². The van der Waals surface area contributed by atoms with Crippen LogP contribution in [0.5, 0.6) is 0 Å². The van der Waals surface area contributed by atoms with Gasteiger partial charge in [-0.1, -0.05) is 13.0 Å². The summed E-state index contributed by atoms with van der Waals surface area (Å²) < 4.78 is 38.3. The molecule has 8 heteroatoms. The molecule has 0 saturated carbocycles. The van der Waals surface area contributed by atoms with Crippen molar-refractivity contribution in [2.45, 2.75) is 11.8 Å². The quantitative estimate of drug-likeness (QED) is 0.636. The SMILES string of the molecule is CCNS(=O)(=O)c1cccc(F)c1[N+](=O)[O-]. The van der Waals surface area contributed by atoms with Gasteiger partial charge in [0.05, 0.1) is 4.92 Å². The minimum absolute atomic E-state index is 0.0655. The molecule has 0 aliphatic rings. The van der Waals surface area contributed by atoms with E-state index in [4.69, 9.17) is 0 Å². The van der Waals surface area contributed by atoms with E-state index in [1.807, 2.05) is 0 Å². The van der Waals surface area contributed by atoms with Crippen LogP contribution in [0.15, 0.2) is 23.1 Å². The third-order valence-corrected chi connectivity index (χ3v) is 3.33. The zero-order valence-electron chi connectivity index (χ0n) is 8.31. The summed E-state index contributed by atoms with van der Waals surface area (Å²) in [4.78, 5) is 8.84. The monoisotopic (exact) mass is 248 g/mol. The van der Waals surface area contributed by atoms with E-state index in [0.717, 1.165) is 18.2 Å². The standard InChI is InChI=1S/C8H9FN2O4S/c1-2-10-16(14,15)7-5-3-4-6(9)8(7)11(12)13/h3-5,10H,2H2,1H3. The second-order valence-electron chi connectivity index (χ2n) is 2.85. The topological polar surface area (TPSA) is 89.3 Å². The summed E-state index contributed by atoms with van der Waals surface area (Å²) in [6, 6.07) is 2.93. The largest absolute Gasteiger partial charge is 0.324 e. The number of benzene rings is 1. The third kappa shape index (κ3) is 2.34. The van der Waals surface area contributed by atoms with Crippen molar-refractivity contribution >= 4 is 15.7 Å². The van der Waals surface area contributed by atoms with Gasteiger partial charge in [0.15, 0.2) is 4.90 Å². The third-order valence-electron chi connectivity index (χ3n) is 1.76. The predicted molar refractivity (Wildman–Crippen MR) is 53.9 cm³/mol. The molecule has 0 aromatic heterocycles. The highest BCUT2D eigenvalue weighted by molar-refractivity contribution is 7.89. The number of para-hydroxylation sites is 1. The highest BCUT2D eigenvalue weighted by Gasteiger charge is 2.28. The lowest BCUT2D eigenvalue weighted by Gasteiger charge is -2.05. The molecule has 1 aromatic rings. The summed E-state index contributed by atoms with van der Waals surface area (Å²) in [5.41, 5.74) is -1.04. The second kappa shape index (κ2) is 4.54. The number of hydrogen-bond donors (Lipinski definition) is 1. The van der Waals surface area contributed by atoms with Crippen LogP contribution < -0.4 is 4.72 Å². The number of sulfonamides is 1. The molecule has 0 spiro atoms. The highest BCUT2D eigenvalue weighted by Crippen LogP contribution is 2.26. The molecule has 0 saturated heterocycles. The van der Waals surface area contributed by atoms with Gasteiger partial charge in [-0.25, -0.2) is 13.1 Å². The van der Waals surface area contributed by atoms with Crippen LogP contribution in [0.25, 0.3) is 0 Å². The molecule has 0 atom stereocenters. The normalized spacial score (nSPS) is 11.4. The Kier molecular flexibility index (Phi) is 3.55. The molecule has 16 heavy (non-hydrogen) atoms. The van der Waals surface area contributed by atoms with Crippen LogP contribution in [-0.2, 0) is 10.0 Å². The summed E-state index contributed by atoms with van der Waals surface area (Å²) in [5.74, 6) is -1.18. The van der Waals surface area contributed by atoms with Gasteiger partial charge in [0.25, 0.3) is 0 Å². The number of hydrogen-bond acceptors (Lipinski definition) is 4. The maximum Gasteiger partial charge on any atom is 0.324 e. The van der Waals surface area contributed by atoms with E-state index < -0.39 is 31.3 Å². The molecule has 0 aliphatic carbocycles. The van der Waals surface area contributed by atoms with Crippen molar-refractivity contribution in [3.63, 3.8) is 0 Å². The van der Waals surface area contributed by atoms with Crippen LogP contribution in [0.1, 0.15) is 6.92 Å². The maximum atomic E-state index is 13.1. The Labute approximate surface area is 91.3 Å². The van der Waals surface area contributed by atoms with E-state index in [0.29, 0.717) is 0 Å². The summed E-state index contributed by atoms with van der Waals surface area (Å²) in [6.07, 6.45) is 0. The molecular weight excluding hydrogens is 239 g/mol. The fourth-order valence-corrected chi connectivity index (χ4v) is 2.38. The van der Waals surface area contributed by atoms with Crippen LogP contribution in [-0.4, -0.2) is 19.9 Å². The minimum Gasteiger partial charge on any atom is -0.258 e. The van der Waals surface area contributed by atoms with E-state index in [-0.39, 0.29) is 6.54 Å². The second-order valence-corrected chi connectivity index (χ2v) is 4.58. The first kappa shape index (κ1) is 12.5. The van der Waals surface area contributed by atoms with Gasteiger partial charge >= 0.3 is 5.69 Å². The zero-order valence-corrected chi connectivity index (χ0v) is 9.12. The fourth-order valence-electron chi connectivity index (χ4n) is 1.16. The van der Waals surface area contributed by atoms with Gasteiger partial charge in [-0.2, -0.15) is 4.39 Å². The molecule has 88 valence electrons. The molecule has 1 N–H and O–H groups in total. The molecule has 1 aromatic carbocycles. The Morgan fingerprint density at radius 2 is 2.12 bits per heavy atom. The van der Waals surface area contributed by atoms with E-state index in [1.54, 1.807) is 0 Å². The maximum absolute atomic E-state index is 13.1. The Morgan fingerprint density at radius 1 is 1.50 bits per heavy atom. The lowest BCUT2D eigenvalue weighted by molar-refractivity contribution is -0.390. The first-order valence-corrected chi connectivity index (χ1v) is 5.81. The molecule has 0 unspecified atom stereocenters. The minimum atomic E-state index is -4.04. The summed E-state index contributed by atoms with van der Waals surface area (Å²) >= 11 is 0. The summed E-state index contributed by atoms with van der Waals surface area (Å²) in [6.45, 7) is 1.58. The van der Waals surface area contributed by atoms with Crippen molar-refractivity contribution in [3.8, 4) is 0 Å². The fraction of sp³-hybridized carbons (Fsp3) is 0.250. The van der Waals surface area contributed by atoms with Gasteiger partial charge in [0.1, 0.15) is 0 Å². The van der Waals surface area contributed by atoms with Gasteiger partial charge in [-0.3, -0.25) is 10.1 Å². The van der Waals surface area contributed by atoms with Crippen LogP contribution in [0.2, 0.25) is 0 Å². The number of halogens is 1. The van der Waals surface area contributed by atoms with Gasteiger partial charge < -0.3 is 0 Å². The number of nitro benzene ring substituents is 1. The summed E-state index contributed by atoms with van der Waals surface area (Å²) in [5, 5.41) is 10.6. The average molecular weight is 248 g/mol. The van der Waals surface area contributed by atoms with Crippen molar-refractivity contribution in [1.29, 1.82) is 0 Å². The van der Waals surface area contributed by atoms with E-state index >= 15 is 0 Å². The zero-order chi connectivity index (χ0) is 12.3. The Balaban J connectivity index is 3.46. The van der Waals surface area contributed by atoms with Crippen molar-refractivity contribution in [2.75, 3.05) is 6.54 Å². The van der Waals surface area contributed by atoms with Crippen molar-refractivity contribution in [2.24, 2.45) is 0 Å². The predicted octanol–water partition coefficient (Wildman–Crippen LogP) is 1.03. The van der Waals surface area contributed by atoms with Crippen LogP contribution in [0, 0.1) is 15.9 Å². The Morgan fingerprint density at radius 3 is 2.62 bits per heavy atom. The van der Waals surface area contributed by atoms with Gasteiger partial charge in [-0.05, 0) is 12.1 Å². The number of nitro groups is 1. The van der Waals surface area contributed by atoms with E-state index in [9.17, 15) is 22.9 Å². The molecular formula is C8H9FN2O4S. The van der Waals surface area contributed by atoms with Crippen LogP contribution >= 0.6 is 0 Å². The summed E-state index contributed by atoms with van der Waals surface area (Å²) in [7, 11) is -4.04. The molecule has 1 rings (SSSR count). The highest BCUT2D eigenvalue weighted by atomic mass is 32.2. The van der Waals surface area contributed by atoms with Crippen molar-refractivity contribution in [1.82, 2.24) is 4.72 Å². The van der Waals surface area contributed by atoms with Crippen LogP contribution in [0.3, 0.4) is 0 Å². The first-order chi connectivity index (χ1) is 7.40.